The van der Waals surface area contributed by atoms with Crippen molar-refractivity contribution in [3.8, 4) is 11.6 Å². The minimum atomic E-state index is -0.524. The van der Waals surface area contributed by atoms with Gasteiger partial charge in [-0.15, -0.1) is 0 Å². The minimum Gasteiger partial charge on any atom is -0.484 e. The standard InChI is InChI=1S/C28H33N9O5/c1-34(27-29-8-3-9-30-27)19-4-6-21(7-5-19)42-26-23-14-22(41-18-20-16-32-28(35(20)2)37(38)39)17-31-24(23)15-25(33-26)36-10-12-40-13-11-36/h3,8-9,14-17,19,21H,4-7,10-13,18H2,1-2H3. The largest absolute Gasteiger partial charge is 0.484 e. The second kappa shape index (κ2) is 12.1. The highest BCUT2D eigenvalue weighted by Crippen LogP contribution is 2.34. The molecule has 4 aromatic rings. The van der Waals surface area contributed by atoms with Crippen molar-refractivity contribution in [2.45, 2.75) is 44.4 Å². The van der Waals surface area contributed by atoms with Crippen LogP contribution in [-0.2, 0) is 18.4 Å². The van der Waals surface area contributed by atoms with Crippen LogP contribution in [0.25, 0.3) is 10.9 Å². The van der Waals surface area contributed by atoms with E-state index in [9.17, 15) is 10.1 Å². The monoisotopic (exact) mass is 575 g/mol. The first-order chi connectivity index (χ1) is 20.5. The molecule has 2 aliphatic rings. The summed E-state index contributed by atoms with van der Waals surface area (Å²) < 4.78 is 19.5. The molecule has 0 aromatic carbocycles. The van der Waals surface area contributed by atoms with E-state index >= 15 is 0 Å². The molecule has 1 saturated carbocycles. The van der Waals surface area contributed by atoms with Gasteiger partial charge >= 0.3 is 5.95 Å². The van der Waals surface area contributed by atoms with Gasteiger partial charge in [-0.05, 0) is 42.7 Å². The number of morpholine rings is 1. The molecule has 0 bridgehead atoms. The molecule has 1 aliphatic heterocycles. The highest BCUT2D eigenvalue weighted by molar-refractivity contribution is 5.87. The molecule has 0 amide bonds. The quantitative estimate of drug-likeness (QED) is 0.213. The summed E-state index contributed by atoms with van der Waals surface area (Å²) in [4.78, 5) is 37.2. The molecule has 5 heterocycles. The fourth-order valence-corrected chi connectivity index (χ4v) is 5.42. The van der Waals surface area contributed by atoms with Gasteiger partial charge in [-0.2, -0.15) is 4.98 Å². The number of nitro groups is 1. The Bertz CT molecular complexity index is 1540. The second-order valence-electron chi connectivity index (χ2n) is 10.5. The molecule has 0 radical (unpaired) electrons. The number of anilines is 2. The first kappa shape index (κ1) is 27.6. The van der Waals surface area contributed by atoms with Gasteiger partial charge in [-0.3, -0.25) is 4.98 Å². The van der Waals surface area contributed by atoms with Crippen LogP contribution < -0.4 is 19.3 Å². The molecule has 42 heavy (non-hydrogen) atoms. The first-order valence-corrected chi connectivity index (χ1v) is 14.0. The zero-order valence-corrected chi connectivity index (χ0v) is 23.6. The summed E-state index contributed by atoms with van der Waals surface area (Å²) in [5, 5.41) is 11.9. The third-order valence-electron chi connectivity index (χ3n) is 7.89. The number of fused-ring (bicyclic) bond motifs is 1. The predicted molar refractivity (Wildman–Crippen MR) is 154 cm³/mol. The van der Waals surface area contributed by atoms with E-state index in [1.165, 1.54) is 10.8 Å². The van der Waals surface area contributed by atoms with Crippen molar-refractivity contribution in [3.63, 3.8) is 0 Å². The second-order valence-corrected chi connectivity index (χ2v) is 10.5. The van der Waals surface area contributed by atoms with Gasteiger partial charge in [0.1, 0.15) is 30.5 Å². The van der Waals surface area contributed by atoms with Gasteiger partial charge < -0.3 is 34.1 Å². The Morgan fingerprint density at radius 1 is 1.07 bits per heavy atom. The molecule has 1 saturated heterocycles. The molecule has 220 valence electrons. The third-order valence-corrected chi connectivity index (χ3v) is 7.89. The van der Waals surface area contributed by atoms with Crippen LogP contribution >= 0.6 is 0 Å². The number of aromatic nitrogens is 6. The lowest BCUT2D eigenvalue weighted by molar-refractivity contribution is -0.396. The summed E-state index contributed by atoms with van der Waals surface area (Å²) in [6.45, 7) is 2.88. The predicted octanol–water partition coefficient (Wildman–Crippen LogP) is 3.30. The van der Waals surface area contributed by atoms with E-state index in [0.29, 0.717) is 36.6 Å². The SMILES string of the molecule is CN(c1ncccn1)C1CCC(Oc2nc(N3CCOCC3)cc3ncc(OCc4cnc([N+](=O)[O-])n4C)cc23)CC1. The van der Waals surface area contributed by atoms with Crippen LogP contribution in [-0.4, -0.2) is 79.9 Å². The van der Waals surface area contributed by atoms with Gasteiger partial charge in [-0.25, -0.2) is 14.5 Å². The minimum absolute atomic E-state index is 0.00143. The maximum atomic E-state index is 11.1. The summed E-state index contributed by atoms with van der Waals surface area (Å²) in [6.07, 6.45) is 10.2. The Balaban J connectivity index is 1.21. The Kier molecular flexibility index (Phi) is 7.95. The number of ether oxygens (including phenoxy) is 3. The number of pyridine rings is 2. The zero-order chi connectivity index (χ0) is 29.1. The molecule has 14 heteroatoms. The van der Waals surface area contributed by atoms with Gasteiger partial charge in [0.05, 0.1) is 37.4 Å². The van der Waals surface area contributed by atoms with Crippen LogP contribution in [0.4, 0.5) is 17.7 Å². The average Bonchev–Trinajstić information content (AvgIpc) is 3.41. The molecular formula is C28H33N9O5. The molecule has 2 fully saturated rings. The average molecular weight is 576 g/mol. The highest BCUT2D eigenvalue weighted by Gasteiger charge is 2.28. The maximum absolute atomic E-state index is 11.1. The summed E-state index contributed by atoms with van der Waals surface area (Å²) in [6, 6.07) is 5.99. The first-order valence-electron chi connectivity index (χ1n) is 14.0. The number of hydrogen-bond acceptors (Lipinski definition) is 12. The smallest absolute Gasteiger partial charge is 0.434 e. The van der Waals surface area contributed by atoms with E-state index in [1.54, 1.807) is 25.6 Å². The van der Waals surface area contributed by atoms with Crippen LogP contribution in [0.3, 0.4) is 0 Å². The number of hydrogen-bond donors (Lipinski definition) is 0. The van der Waals surface area contributed by atoms with Crippen LogP contribution in [0.15, 0.2) is 43.0 Å². The van der Waals surface area contributed by atoms with Crippen molar-refractivity contribution >= 4 is 28.6 Å². The van der Waals surface area contributed by atoms with Crippen molar-refractivity contribution in [3.05, 3.63) is 58.8 Å². The zero-order valence-electron chi connectivity index (χ0n) is 23.6. The summed E-state index contributed by atoms with van der Waals surface area (Å²) in [5.74, 6) is 2.32. The van der Waals surface area contributed by atoms with Crippen LogP contribution in [0.2, 0.25) is 0 Å². The lowest BCUT2D eigenvalue weighted by Gasteiger charge is -2.34. The molecular weight excluding hydrogens is 542 g/mol. The Hall–Kier alpha value is -4.59. The van der Waals surface area contributed by atoms with Gasteiger partial charge in [0, 0.05) is 44.6 Å². The Morgan fingerprint density at radius 2 is 1.83 bits per heavy atom. The molecule has 0 unspecified atom stereocenters. The highest BCUT2D eigenvalue weighted by atomic mass is 16.6. The number of rotatable bonds is 9. The van der Waals surface area contributed by atoms with Crippen molar-refractivity contribution in [2.75, 3.05) is 43.2 Å². The topological polar surface area (TPSA) is 147 Å². The van der Waals surface area contributed by atoms with E-state index in [0.717, 1.165) is 61.4 Å². The molecule has 0 atom stereocenters. The lowest BCUT2D eigenvalue weighted by Crippen LogP contribution is -2.39. The van der Waals surface area contributed by atoms with E-state index in [4.69, 9.17) is 19.2 Å². The molecule has 14 nitrogen and oxygen atoms in total. The number of imidazole rings is 1. The molecule has 0 N–H and O–H groups in total. The van der Waals surface area contributed by atoms with Gasteiger partial charge in [0.2, 0.25) is 11.8 Å². The van der Waals surface area contributed by atoms with Gasteiger partial charge in [0.15, 0.2) is 5.69 Å². The normalized spacial score (nSPS) is 19.0. The summed E-state index contributed by atoms with van der Waals surface area (Å²) >= 11 is 0. The van der Waals surface area contributed by atoms with Crippen molar-refractivity contribution in [1.29, 1.82) is 0 Å². The Labute approximate surface area is 242 Å². The molecule has 0 spiro atoms. The van der Waals surface area contributed by atoms with Gasteiger partial charge in [0.25, 0.3) is 0 Å². The van der Waals surface area contributed by atoms with E-state index in [-0.39, 0.29) is 18.7 Å². The van der Waals surface area contributed by atoms with Crippen LogP contribution in [0.1, 0.15) is 31.4 Å². The maximum Gasteiger partial charge on any atom is 0.434 e. The van der Waals surface area contributed by atoms with E-state index in [1.807, 2.05) is 25.2 Å². The lowest BCUT2D eigenvalue weighted by atomic mass is 9.92. The van der Waals surface area contributed by atoms with Gasteiger partial charge in [-0.1, -0.05) is 4.98 Å². The number of nitrogens with zero attached hydrogens (tertiary/aromatic N) is 9. The van der Waals surface area contributed by atoms with E-state index in [2.05, 4.69) is 29.7 Å². The third kappa shape index (κ3) is 5.88. The van der Waals surface area contributed by atoms with Crippen molar-refractivity contribution < 1.29 is 19.1 Å². The van der Waals surface area contributed by atoms with Crippen molar-refractivity contribution in [1.82, 2.24) is 29.5 Å². The van der Waals surface area contributed by atoms with Crippen molar-refractivity contribution in [2.24, 2.45) is 7.05 Å². The molecule has 1 aliphatic carbocycles. The molecule has 6 rings (SSSR count). The molecule has 4 aromatic heterocycles. The fourth-order valence-electron chi connectivity index (χ4n) is 5.42. The fraction of sp³-hybridized carbons (Fsp3) is 0.464. The van der Waals surface area contributed by atoms with E-state index < -0.39 is 4.92 Å². The summed E-state index contributed by atoms with van der Waals surface area (Å²) in [5.41, 5.74) is 1.32. The Morgan fingerprint density at radius 3 is 2.55 bits per heavy atom. The van der Waals surface area contributed by atoms with Crippen LogP contribution in [0, 0.1) is 10.1 Å². The summed E-state index contributed by atoms with van der Waals surface area (Å²) in [7, 11) is 3.63. The van der Waals surface area contributed by atoms with Crippen LogP contribution in [0.5, 0.6) is 11.6 Å².